The van der Waals surface area contributed by atoms with E-state index < -0.39 is 0 Å². The van der Waals surface area contributed by atoms with Crippen LogP contribution in [0.15, 0.2) is 52.9 Å². The van der Waals surface area contributed by atoms with Crippen LogP contribution in [0.3, 0.4) is 0 Å². The van der Waals surface area contributed by atoms with Crippen LogP contribution < -0.4 is 5.32 Å². The van der Waals surface area contributed by atoms with Gasteiger partial charge in [0.2, 0.25) is 0 Å². The molecule has 1 N–H and O–H groups in total. The Balaban J connectivity index is 2.07. The standard InChI is InChI=1S/C15H12INO/c1-17-13-5-2-10(3-6-13)15-9-11-8-12(16)4-7-14(11)18-15/h2-9,17H,1H3/i16-2. The highest BCUT2D eigenvalue weighted by molar-refractivity contribution is 14.1. The van der Waals surface area contributed by atoms with Crippen molar-refractivity contribution >= 4 is 39.2 Å². The zero-order valence-corrected chi connectivity index (χ0v) is 12.1. The largest absolute Gasteiger partial charge is 0.456 e. The Bertz CT molecular complexity index is 685. The number of hydrogen-bond acceptors (Lipinski definition) is 2. The van der Waals surface area contributed by atoms with Gasteiger partial charge in [0.05, 0.1) is 0 Å². The molecule has 0 unspecified atom stereocenters. The Morgan fingerprint density at radius 3 is 2.50 bits per heavy atom. The first-order valence-corrected chi connectivity index (χ1v) is 6.81. The third-order valence-corrected chi connectivity index (χ3v) is 3.61. The summed E-state index contributed by atoms with van der Waals surface area (Å²) in [5.41, 5.74) is 3.13. The molecule has 3 heteroatoms. The van der Waals surface area contributed by atoms with Gasteiger partial charge in [-0.3, -0.25) is 0 Å². The molecule has 0 bridgehead atoms. The first-order valence-electron chi connectivity index (χ1n) is 5.73. The lowest BCUT2D eigenvalue weighted by Crippen LogP contribution is -1.86. The molecule has 0 spiro atoms. The lowest BCUT2D eigenvalue weighted by molar-refractivity contribution is 0.631. The predicted octanol–water partition coefficient (Wildman–Crippen LogP) is 4.75. The minimum absolute atomic E-state index is 0.912. The normalized spacial score (nSPS) is 10.8. The lowest BCUT2D eigenvalue weighted by Gasteiger charge is -2.00. The van der Waals surface area contributed by atoms with E-state index in [2.05, 4.69) is 58.2 Å². The molecule has 0 radical (unpaired) electrons. The van der Waals surface area contributed by atoms with Gasteiger partial charge in [0.25, 0.3) is 0 Å². The topological polar surface area (TPSA) is 25.2 Å². The maximum absolute atomic E-state index is 5.86. The average Bonchev–Trinajstić information content (AvgIpc) is 2.81. The van der Waals surface area contributed by atoms with Gasteiger partial charge in [0.15, 0.2) is 0 Å². The molecular formula is C15H12INO. The highest BCUT2D eigenvalue weighted by atomic mass is 125. The van der Waals surface area contributed by atoms with Crippen molar-refractivity contribution in [2.24, 2.45) is 0 Å². The van der Waals surface area contributed by atoms with Crippen LogP contribution in [0.5, 0.6) is 0 Å². The third kappa shape index (κ3) is 2.10. The fraction of sp³-hybridized carbons (Fsp3) is 0.0667. The van der Waals surface area contributed by atoms with E-state index in [4.69, 9.17) is 4.42 Å². The fourth-order valence-electron chi connectivity index (χ4n) is 1.96. The Kier molecular flexibility index (Phi) is 2.99. The van der Waals surface area contributed by atoms with Crippen LogP contribution in [-0.2, 0) is 0 Å². The van der Waals surface area contributed by atoms with E-state index in [9.17, 15) is 0 Å². The van der Waals surface area contributed by atoms with E-state index in [1.54, 1.807) is 0 Å². The minimum Gasteiger partial charge on any atom is -0.456 e. The zero-order valence-electron chi connectivity index (χ0n) is 9.91. The molecule has 90 valence electrons. The summed E-state index contributed by atoms with van der Waals surface area (Å²) in [5, 5.41) is 4.26. The Labute approximate surface area is 119 Å². The van der Waals surface area contributed by atoms with Crippen LogP contribution in [0.2, 0.25) is 0 Å². The van der Waals surface area contributed by atoms with Crippen molar-refractivity contribution in [3.05, 3.63) is 52.1 Å². The van der Waals surface area contributed by atoms with Crippen molar-refractivity contribution in [3.8, 4) is 11.3 Å². The van der Waals surface area contributed by atoms with Gasteiger partial charge in [-0.2, -0.15) is 0 Å². The molecule has 2 nitrogen and oxygen atoms in total. The first kappa shape index (κ1) is 11.6. The summed E-state index contributed by atoms with van der Waals surface area (Å²) < 4.78 is 7.08. The molecule has 0 saturated heterocycles. The average molecular weight is 347 g/mol. The number of halogens is 1. The molecule has 1 aromatic heterocycles. The summed E-state index contributed by atoms with van der Waals surface area (Å²) in [7, 11) is 1.91. The molecule has 1 heterocycles. The Morgan fingerprint density at radius 1 is 1.00 bits per heavy atom. The number of nitrogens with one attached hydrogen (secondary N) is 1. The van der Waals surface area contributed by atoms with E-state index in [-0.39, 0.29) is 0 Å². The van der Waals surface area contributed by atoms with E-state index in [1.807, 2.05) is 25.2 Å². The second kappa shape index (κ2) is 4.65. The van der Waals surface area contributed by atoms with Crippen LogP contribution in [0.25, 0.3) is 22.3 Å². The molecular weight excluding hydrogens is 335 g/mol. The molecule has 18 heavy (non-hydrogen) atoms. The van der Waals surface area contributed by atoms with E-state index in [0.717, 1.165) is 28.0 Å². The summed E-state index contributed by atoms with van der Waals surface area (Å²) in [4.78, 5) is 0. The SMILES string of the molecule is CNc1ccc(-c2cc3cc([125I])ccc3o2)cc1. The number of fused-ring (bicyclic) bond motifs is 1. The second-order valence-electron chi connectivity index (χ2n) is 4.12. The summed E-state index contributed by atoms with van der Waals surface area (Å²) >= 11 is 2.31. The van der Waals surface area contributed by atoms with Crippen molar-refractivity contribution in [1.29, 1.82) is 0 Å². The smallest absolute Gasteiger partial charge is 0.135 e. The summed E-state index contributed by atoms with van der Waals surface area (Å²) in [6, 6.07) is 16.5. The number of hydrogen-bond donors (Lipinski definition) is 1. The maximum atomic E-state index is 5.86. The predicted molar refractivity (Wildman–Crippen MR) is 83.9 cm³/mol. The van der Waals surface area contributed by atoms with Crippen molar-refractivity contribution < 1.29 is 4.42 Å². The van der Waals surface area contributed by atoms with Crippen LogP contribution in [0.1, 0.15) is 0 Å². The van der Waals surface area contributed by atoms with E-state index >= 15 is 0 Å². The highest BCUT2D eigenvalue weighted by Gasteiger charge is 2.06. The Hall–Kier alpha value is -1.49. The molecule has 0 fully saturated rings. The third-order valence-electron chi connectivity index (χ3n) is 2.94. The molecule has 2 aromatic carbocycles. The Morgan fingerprint density at radius 2 is 1.78 bits per heavy atom. The van der Waals surface area contributed by atoms with Gasteiger partial charge >= 0.3 is 0 Å². The van der Waals surface area contributed by atoms with Gasteiger partial charge in [0, 0.05) is 27.3 Å². The van der Waals surface area contributed by atoms with Gasteiger partial charge in [-0.05, 0) is 71.1 Å². The quantitative estimate of drug-likeness (QED) is 0.677. The lowest BCUT2D eigenvalue weighted by atomic mass is 10.1. The minimum atomic E-state index is 0.912. The molecule has 0 aliphatic heterocycles. The van der Waals surface area contributed by atoms with Gasteiger partial charge in [-0.15, -0.1) is 0 Å². The number of benzene rings is 2. The summed E-state index contributed by atoms with van der Waals surface area (Å²) in [6.07, 6.45) is 0. The van der Waals surface area contributed by atoms with Crippen LogP contribution in [-0.4, -0.2) is 7.05 Å². The molecule has 0 aliphatic rings. The number of furan rings is 1. The monoisotopic (exact) mass is 347 g/mol. The number of rotatable bonds is 2. The van der Waals surface area contributed by atoms with Crippen molar-refractivity contribution in [1.82, 2.24) is 0 Å². The second-order valence-corrected chi connectivity index (χ2v) is 5.37. The van der Waals surface area contributed by atoms with Crippen LogP contribution in [0.4, 0.5) is 5.69 Å². The van der Waals surface area contributed by atoms with Crippen LogP contribution in [0, 0.1) is 3.57 Å². The fourth-order valence-corrected chi connectivity index (χ4v) is 2.47. The summed E-state index contributed by atoms with van der Waals surface area (Å²) in [5.74, 6) is 0.912. The van der Waals surface area contributed by atoms with E-state index in [0.29, 0.717) is 0 Å². The van der Waals surface area contributed by atoms with Gasteiger partial charge in [-0.25, -0.2) is 0 Å². The van der Waals surface area contributed by atoms with Crippen molar-refractivity contribution in [2.75, 3.05) is 12.4 Å². The molecule has 0 saturated carbocycles. The molecule has 0 aliphatic carbocycles. The van der Waals surface area contributed by atoms with Crippen molar-refractivity contribution in [2.45, 2.75) is 0 Å². The molecule has 0 atom stereocenters. The highest BCUT2D eigenvalue weighted by Crippen LogP contribution is 2.29. The maximum Gasteiger partial charge on any atom is 0.135 e. The summed E-state index contributed by atoms with van der Waals surface area (Å²) in [6.45, 7) is 0. The van der Waals surface area contributed by atoms with Gasteiger partial charge in [-0.1, -0.05) is 0 Å². The van der Waals surface area contributed by atoms with Gasteiger partial charge < -0.3 is 9.73 Å². The van der Waals surface area contributed by atoms with Gasteiger partial charge in [0.1, 0.15) is 11.3 Å². The number of anilines is 1. The van der Waals surface area contributed by atoms with Crippen LogP contribution >= 0.6 is 22.6 Å². The zero-order chi connectivity index (χ0) is 12.5. The molecule has 3 aromatic rings. The van der Waals surface area contributed by atoms with E-state index in [1.165, 1.54) is 3.57 Å². The van der Waals surface area contributed by atoms with Crippen molar-refractivity contribution in [3.63, 3.8) is 0 Å². The first-order chi connectivity index (χ1) is 8.76. The molecule has 3 rings (SSSR count). The molecule has 0 amide bonds.